The van der Waals surface area contributed by atoms with Gasteiger partial charge in [0.15, 0.2) is 0 Å². The van der Waals surface area contributed by atoms with Crippen molar-refractivity contribution in [3.8, 4) is 5.69 Å². The van der Waals surface area contributed by atoms with Gasteiger partial charge in [0, 0.05) is 12.5 Å². The summed E-state index contributed by atoms with van der Waals surface area (Å²) in [6.45, 7) is 1.41. The Hall–Kier alpha value is -1.70. The fraction of sp³-hybridized carbons (Fsp3) is 0.429. The van der Waals surface area contributed by atoms with Gasteiger partial charge in [-0.15, -0.1) is 11.3 Å². The van der Waals surface area contributed by atoms with E-state index in [1.165, 1.54) is 18.4 Å². The lowest BCUT2D eigenvalue weighted by Crippen LogP contribution is -2.24. The molecule has 0 amide bonds. The molecule has 2 aromatic heterocycles. The molecule has 0 spiro atoms. The number of rotatable bonds is 4. The van der Waals surface area contributed by atoms with Crippen LogP contribution in [0, 0.1) is 5.92 Å². The van der Waals surface area contributed by atoms with Crippen LogP contribution in [0.5, 0.6) is 0 Å². The fourth-order valence-corrected chi connectivity index (χ4v) is 3.37. The van der Waals surface area contributed by atoms with E-state index >= 15 is 0 Å². The van der Waals surface area contributed by atoms with Crippen molar-refractivity contribution in [3.05, 3.63) is 34.5 Å². The number of ether oxygens (including phenoxy) is 2. The number of imidazole rings is 1. The summed E-state index contributed by atoms with van der Waals surface area (Å²) in [5.41, 5.74) is 8.00. The summed E-state index contributed by atoms with van der Waals surface area (Å²) in [4.78, 5) is 16.6. The van der Waals surface area contributed by atoms with Crippen molar-refractivity contribution >= 4 is 17.3 Å². The predicted molar refractivity (Wildman–Crippen MR) is 78.6 cm³/mol. The topological polar surface area (TPSA) is 79.4 Å². The van der Waals surface area contributed by atoms with Crippen LogP contribution in [0.15, 0.2) is 24.0 Å². The van der Waals surface area contributed by atoms with Gasteiger partial charge in [-0.25, -0.2) is 9.78 Å². The zero-order valence-corrected chi connectivity index (χ0v) is 12.5. The highest BCUT2D eigenvalue weighted by atomic mass is 32.1. The standard InChI is InChI=1S/C14H17N3O3S/c1-19-14(18)13-10(3-5-21-13)17-8-16-6-11(17)12(15)9-2-4-20-7-9/h3,5-6,8-9,12H,2,4,7,15H2,1H3. The van der Waals surface area contributed by atoms with Gasteiger partial charge in [-0.2, -0.15) is 0 Å². The number of carbonyl (C=O) groups is 1. The minimum Gasteiger partial charge on any atom is -0.465 e. The summed E-state index contributed by atoms with van der Waals surface area (Å²) in [6, 6.07) is 1.71. The molecule has 0 radical (unpaired) electrons. The summed E-state index contributed by atoms with van der Waals surface area (Å²) >= 11 is 1.34. The number of esters is 1. The van der Waals surface area contributed by atoms with E-state index in [2.05, 4.69) is 4.98 Å². The molecule has 0 aliphatic carbocycles. The summed E-state index contributed by atoms with van der Waals surface area (Å²) in [5, 5.41) is 1.86. The molecule has 3 rings (SSSR count). The summed E-state index contributed by atoms with van der Waals surface area (Å²) in [7, 11) is 1.38. The molecule has 1 aliphatic rings. The molecular formula is C14H17N3O3S. The number of thiophene rings is 1. The van der Waals surface area contributed by atoms with Gasteiger partial charge in [0.05, 0.1) is 43.7 Å². The van der Waals surface area contributed by atoms with Gasteiger partial charge in [0.25, 0.3) is 0 Å². The Morgan fingerprint density at radius 1 is 1.67 bits per heavy atom. The van der Waals surface area contributed by atoms with Crippen LogP contribution in [0.3, 0.4) is 0 Å². The lowest BCUT2D eigenvalue weighted by molar-refractivity contribution is 0.0606. The molecule has 1 saturated heterocycles. The second kappa shape index (κ2) is 5.97. The number of carbonyl (C=O) groups excluding carboxylic acids is 1. The smallest absolute Gasteiger partial charge is 0.350 e. The van der Waals surface area contributed by atoms with Gasteiger partial charge in [0.2, 0.25) is 0 Å². The summed E-state index contributed by atoms with van der Waals surface area (Å²) in [5.74, 6) is -0.0712. The van der Waals surface area contributed by atoms with E-state index in [1.807, 2.05) is 16.0 Å². The molecule has 7 heteroatoms. The van der Waals surface area contributed by atoms with Crippen molar-refractivity contribution < 1.29 is 14.3 Å². The molecule has 3 heterocycles. The van der Waals surface area contributed by atoms with Crippen LogP contribution >= 0.6 is 11.3 Å². The van der Waals surface area contributed by atoms with Crippen LogP contribution in [0.2, 0.25) is 0 Å². The van der Waals surface area contributed by atoms with E-state index in [0.717, 1.165) is 24.4 Å². The second-order valence-corrected chi connectivity index (χ2v) is 5.88. The van der Waals surface area contributed by atoms with Crippen LogP contribution in [0.1, 0.15) is 27.8 Å². The minimum atomic E-state index is -0.350. The predicted octanol–water partition coefficient (Wildman–Crippen LogP) is 1.76. The third kappa shape index (κ3) is 2.59. The fourth-order valence-electron chi connectivity index (χ4n) is 2.57. The average Bonchev–Trinajstić information content (AvgIpc) is 3.24. The largest absolute Gasteiger partial charge is 0.465 e. The normalized spacial score (nSPS) is 19.6. The van der Waals surface area contributed by atoms with Crippen molar-refractivity contribution in [2.75, 3.05) is 20.3 Å². The Morgan fingerprint density at radius 2 is 2.52 bits per heavy atom. The molecular weight excluding hydrogens is 290 g/mol. The molecule has 0 bridgehead atoms. The summed E-state index contributed by atoms with van der Waals surface area (Å²) in [6.07, 6.45) is 4.38. The SMILES string of the molecule is COC(=O)c1sccc1-n1cncc1C(N)C1CCOC1. The zero-order valence-electron chi connectivity index (χ0n) is 11.7. The monoisotopic (exact) mass is 307 g/mol. The van der Waals surface area contributed by atoms with E-state index in [4.69, 9.17) is 15.2 Å². The Kier molecular flexibility index (Phi) is 4.05. The lowest BCUT2D eigenvalue weighted by atomic mass is 9.97. The average molecular weight is 307 g/mol. The first-order valence-electron chi connectivity index (χ1n) is 6.74. The van der Waals surface area contributed by atoms with Crippen LogP contribution < -0.4 is 5.73 Å². The molecule has 2 atom stereocenters. The van der Waals surface area contributed by atoms with Crippen LogP contribution in [-0.2, 0) is 9.47 Å². The molecule has 2 N–H and O–H groups in total. The van der Waals surface area contributed by atoms with E-state index < -0.39 is 0 Å². The molecule has 1 fully saturated rings. The van der Waals surface area contributed by atoms with Gasteiger partial charge >= 0.3 is 5.97 Å². The highest BCUT2D eigenvalue weighted by molar-refractivity contribution is 7.12. The van der Waals surface area contributed by atoms with Crippen LogP contribution in [0.4, 0.5) is 0 Å². The molecule has 1 aliphatic heterocycles. The molecule has 0 aromatic carbocycles. The van der Waals surface area contributed by atoms with E-state index in [1.54, 1.807) is 12.5 Å². The molecule has 2 unspecified atom stereocenters. The minimum absolute atomic E-state index is 0.166. The quantitative estimate of drug-likeness (QED) is 0.871. The van der Waals surface area contributed by atoms with Crippen LogP contribution in [0.25, 0.3) is 5.69 Å². The van der Waals surface area contributed by atoms with Crippen molar-refractivity contribution in [3.63, 3.8) is 0 Å². The van der Waals surface area contributed by atoms with Gasteiger partial charge < -0.3 is 15.2 Å². The van der Waals surface area contributed by atoms with E-state index in [9.17, 15) is 4.79 Å². The Bertz CT molecular complexity index is 631. The summed E-state index contributed by atoms with van der Waals surface area (Å²) < 4.78 is 12.1. The first-order chi connectivity index (χ1) is 10.2. The number of nitrogens with two attached hydrogens (primary N) is 1. The zero-order chi connectivity index (χ0) is 14.8. The van der Waals surface area contributed by atoms with Gasteiger partial charge in [-0.3, -0.25) is 4.57 Å². The Morgan fingerprint density at radius 3 is 3.24 bits per heavy atom. The molecule has 6 nitrogen and oxygen atoms in total. The first kappa shape index (κ1) is 14.2. The van der Waals surface area contributed by atoms with Gasteiger partial charge in [-0.1, -0.05) is 0 Å². The highest BCUT2D eigenvalue weighted by Crippen LogP contribution is 2.30. The third-order valence-electron chi connectivity index (χ3n) is 3.76. The molecule has 2 aromatic rings. The number of aromatic nitrogens is 2. The third-order valence-corrected chi connectivity index (χ3v) is 4.64. The Balaban J connectivity index is 1.95. The number of nitrogens with zero attached hydrogens (tertiary/aromatic N) is 2. The van der Waals surface area contributed by atoms with Crippen LogP contribution in [-0.4, -0.2) is 35.8 Å². The highest BCUT2D eigenvalue weighted by Gasteiger charge is 2.27. The number of hydrogen-bond acceptors (Lipinski definition) is 6. The van der Waals surface area contributed by atoms with Gasteiger partial charge in [-0.05, 0) is 17.9 Å². The van der Waals surface area contributed by atoms with Crippen molar-refractivity contribution in [2.45, 2.75) is 12.5 Å². The van der Waals surface area contributed by atoms with E-state index in [0.29, 0.717) is 11.5 Å². The maximum Gasteiger partial charge on any atom is 0.350 e. The van der Waals surface area contributed by atoms with Crippen molar-refractivity contribution in [2.24, 2.45) is 11.7 Å². The molecule has 112 valence electrons. The Labute approximate surface area is 126 Å². The maximum absolute atomic E-state index is 11.8. The second-order valence-electron chi connectivity index (χ2n) is 4.96. The van der Waals surface area contributed by atoms with Crippen molar-refractivity contribution in [1.82, 2.24) is 9.55 Å². The molecule has 21 heavy (non-hydrogen) atoms. The molecule has 0 saturated carbocycles. The van der Waals surface area contributed by atoms with Gasteiger partial charge in [0.1, 0.15) is 4.88 Å². The maximum atomic E-state index is 11.8. The van der Waals surface area contributed by atoms with Crippen molar-refractivity contribution in [1.29, 1.82) is 0 Å². The lowest BCUT2D eigenvalue weighted by Gasteiger charge is -2.19. The number of hydrogen-bond donors (Lipinski definition) is 1. The first-order valence-corrected chi connectivity index (χ1v) is 7.62. The van der Waals surface area contributed by atoms with E-state index in [-0.39, 0.29) is 17.9 Å². The number of methoxy groups -OCH3 is 1.